The average molecular weight is 374 g/mol. The summed E-state index contributed by atoms with van der Waals surface area (Å²) in [4.78, 5) is 3.66. The lowest BCUT2D eigenvalue weighted by Gasteiger charge is -2.07. The van der Waals surface area contributed by atoms with Gasteiger partial charge in [0.15, 0.2) is 5.52 Å². The quantitative estimate of drug-likeness (QED) is 0.332. The van der Waals surface area contributed by atoms with E-state index in [1.165, 1.54) is 49.2 Å². The average Bonchev–Trinajstić information content (AvgIpc) is 3.37. The minimum Gasteiger partial charge on any atom is -0.240 e. The van der Waals surface area contributed by atoms with Crippen LogP contribution in [0.4, 0.5) is 0 Å². The largest absolute Gasteiger partial charge is 0.373 e. The SMILES string of the molecule is CC(C)c1ccc2cc3c(cc2c1)c1cccc2c1n3c1[nH]c3ccccc3[n+]21. The molecule has 4 aromatic carbocycles. The van der Waals surface area contributed by atoms with Crippen LogP contribution in [-0.2, 0) is 0 Å². The Labute approximate surface area is 167 Å². The van der Waals surface area contributed by atoms with Gasteiger partial charge < -0.3 is 0 Å². The Kier molecular flexibility index (Phi) is 2.68. The van der Waals surface area contributed by atoms with Crippen molar-refractivity contribution in [1.82, 2.24) is 9.38 Å². The monoisotopic (exact) mass is 374 g/mol. The summed E-state index contributed by atoms with van der Waals surface area (Å²) >= 11 is 0. The summed E-state index contributed by atoms with van der Waals surface area (Å²) in [7, 11) is 0. The van der Waals surface area contributed by atoms with E-state index in [0.717, 1.165) is 11.3 Å². The maximum Gasteiger partial charge on any atom is 0.373 e. The zero-order valence-corrected chi connectivity index (χ0v) is 16.4. The van der Waals surface area contributed by atoms with E-state index >= 15 is 0 Å². The van der Waals surface area contributed by atoms with Gasteiger partial charge in [-0.2, -0.15) is 8.80 Å². The Morgan fingerprint density at radius 3 is 2.55 bits per heavy atom. The van der Waals surface area contributed by atoms with Crippen molar-refractivity contribution in [2.75, 3.05) is 0 Å². The van der Waals surface area contributed by atoms with Crippen molar-refractivity contribution >= 4 is 54.9 Å². The van der Waals surface area contributed by atoms with E-state index < -0.39 is 0 Å². The van der Waals surface area contributed by atoms with E-state index in [2.05, 4.69) is 100 Å². The number of aromatic amines is 1. The Balaban J connectivity index is 1.74. The number of H-pyrrole nitrogens is 1. The Bertz CT molecular complexity index is 1730. The molecule has 3 heterocycles. The first-order valence-corrected chi connectivity index (χ1v) is 10.2. The highest BCUT2D eigenvalue weighted by Gasteiger charge is 2.26. The van der Waals surface area contributed by atoms with Crippen LogP contribution < -0.4 is 4.40 Å². The molecule has 0 aliphatic heterocycles. The summed E-state index contributed by atoms with van der Waals surface area (Å²) < 4.78 is 4.75. The van der Waals surface area contributed by atoms with Crippen molar-refractivity contribution in [3.8, 4) is 0 Å². The molecule has 0 saturated heterocycles. The number of nitrogens with zero attached hydrogens (tertiary/aromatic N) is 2. The van der Waals surface area contributed by atoms with Crippen LogP contribution in [0.5, 0.6) is 0 Å². The summed E-state index contributed by atoms with van der Waals surface area (Å²) in [6, 6.07) is 26.8. The van der Waals surface area contributed by atoms with E-state index in [4.69, 9.17) is 0 Å². The van der Waals surface area contributed by atoms with Crippen LogP contribution in [0.3, 0.4) is 0 Å². The molecule has 0 spiro atoms. The molecule has 0 saturated carbocycles. The van der Waals surface area contributed by atoms with E-state index in [9.17, 15) is 0 Å². The van der Waals surface area contributed by atoms with Crippen molar-refractivity contribution in [3.05, 3.63) is 78.4 Å². The fourth-order valence-electron chi connectivity index (χ4n) is 5.03. The maximum atomic E-state index is 3.66. The van der Waals surface area contributed by atoms with Crippen molar-refractivity contribution in [2.24, 2.45) is 0 Å². The van der Waals surface area contributed by atoms with Crippen LogP contribution in [0, 0.1) is 0 Å². The lowest BCUT2D eigenvalue weighted by molar-refractivity contribution is -0.449. The van der Waals surface area contributed by atoms with Gasteiger partial charge in [0.05, 0.1) is 0 Å². The molecule has 0 fully saturated rings. The van der Waals surface area contributed by atoms with Crippen LogP contribution >= 0.6 is 0 Å². The molecule has 7 aromatic rings. The Morgan fingerprint density at radius 1 is 0.793 bits per heavy atom. The molecular weight excluding hydrogens is 354 g/mol. The van der Waals surface area contributed by atoms with Gasteiger partial charge in [0, 0.05) is 10.8 Å². The lowest BCUT2D eigenvalue weighted by atomic mass is 9.98. The second-order valence-corrected chi connectivity index (χ2v) is 8.44. The molecule has 0 bridgehead atoms. The fraction of sp³-hybridized carbons (Fsp3) is 0.115. The van der Waals surface area contributed by atoms with Crippen LogP contribution in [0.25, 0.3) is 54.9 Å². The molecule has 3 aromatic heterocycles. The predicted molar refractivity (Wildman–Crippen MR) is 120 cm³/mol. The van der Waals surface area contributed by atoms with E-state index in [-0.39, 0.29) is 0 Å². The molecule has 0 aliphatic carbocycles. The summed E-state index contributed by atoms with van der Waals surface area (Å²) in [6.07, 6.45) is 0. The first-order valence-electron chi connectivity index (χ1n) is 10.2. The van der Waals surface area contributed by atoms with Crippen LogP contribution in [-0.4, -0.2) is 9.38 Å². The first-order chi connectivity index (χ1) is 14.2. The molecule has 3 nitrogen and oxygen atoms in total. The van der Waals surface area contributed by atoms with Gasteiger partial charge in [-0.3, -0.25) is 0 Å². The van der Waals surface area contributed by atoms with Crippen LogP contribution in [0.2, 0.25) is 0 Å². The van der Waals surface area contributed by atoms with Gasteiger partial charge in [0.1, 0.15) is 22.1 Å². The van der Waals surface area contributed by atoms with Crippen molar-refractivity contribution in [3.63, 3.8) is 0 Å². The third kappa shape index (κ3) is 1.81. The molecule has 29 heavy (non-hydrogen) atoms. The Morgan fingerprint density at radius 2 is 1.66 bits per heavy atom. The number of nitrogens with one attached hydrogen (secondary N) is 1. The normalized spacial score (nSPS) is 12.8. The smallest absolute Gasteiger partial charge is 0.240 e. The van der Waals surface area contributed by atoms with E-state index in [1.54, 1.807) is 0 Å². The number of aromatic nitrogens is 3. The lowest BCUT2D eigenvalue weighted by Crippen LogP contribution is -2.17. The number of rotatable bonds is 1. The van der Waals surface area contributed by atoms with Crippen molar-refractivity contribution in [1.29, 1.82) is 0 Å². The van der Waals surface area contributed by atoms with Gasteiger partial charge in [-0.25, -0.2) is 4.98 Å². The van der Waals surface area contributed by atoms with Gasteiger partial charge in [0.25, 0.3) is 0 Å². The second-order valence-electron chi connectivity index (χ2n) is 8.44. The minimum absolute atomic E-state index is 0.534. The maximum absolute atomic E-state index is 3.66. The molecule has 3 heteroatoms. The number of hydrogen-bond acceptors (Lipinski definition) is 0. The third-order valence-electron chi connectivity index (χ3n) is 6.47. The molecule has 138 valence electrons. The Hall–Kier alpha value is -3.59. The van der Waals surface area contributed by atoms with Crippen LogP contribution in [0.1, 0.15) is 25.3 Å². The standard InChI is InChI=1S/C26H19N3/c1-15(2)16-10-11-17-14-24-20(13-18(17)12-16)19-6-5-9-23-25(19)29(24)26-27-21-7-3-4-8-22(21)28(23)26/h3-15H,1-2H3/p+1. The molecule has 0 atom stereocenters. The van der Waals surface area contributed by atoms with Gasteiger partial charge in [-0.15, -0.1) is 0 Å². The highest BCUT2D eigenvalue weighted by atomic mass is 15.2. The summed E-state index contributed by atoms with van der Waals surface area (Å²) in [5.74, 6) is 1.65. The van der Waals surface area contributed by atoms with Crippen LogP contribution in [0.15, 0.2) is 72.8 Å². The van der Waals surface area contributed by atoms with Gasteiger partial charge in [0.2, 0.25) is 0 Å². The number of fused-ring (bicyclic) bond motifs is 9. The zero-order chi connectivity index (χ0) is 19.3. The van der Waals surface area contributed by atoms with Crippen molar-refractivity contribution in [2.45, 2.75) is 19.8 Å². The summed E-state index contributed by atoms with van der Waals surface area (Å²) in [5, 5.41) is 5.24. The van der Waals surface area contributed by atoms with E-state index in [0.29, 0.717) is 5.92 Å². The van der Waals surface area contributed by atoms with Crippen molar-refractivity contribution < 1.29 is 4.40 Å². The summed E-state index contributed by atoms with van der Waals surface area (Å²) in [6.45, 7) is 4.51. The highest BCUT2D eigenvalue weighted by molar-refractivity contribution is 6.17. The number of para-hydroxylation sites is 3. The topological polar surface area (TPSA) is 24.3 Å². The molecule has 0 amide bonds. The highest BCUT2D eigenvalue weighted by Crippen LogP contribution is 2.36. The molecule has 0 aliphatic rings. The van der Waals surface area contributed by atoms with Gasteiger partial charge >= 0.3 is 5.78 Å². The second kappa shape index (κ2) is 5.06. The van der Waals surface area contributed by atoms with Gasteiger partial charge in [-0.05, 0) is 52.6 Å². The molecule has 7 rings (SSSR count). The number of hydrogen-bond donors (Lipinski definition) is 1. The minimum atomic E-state index is 0.534. The van der Waals surface area contributed by atoms with Gasteiger partial charge in [-0.1, -0.05) is 56.3 Å². The predicted octanol–water partition coefficient (Wildman–Crippen LogP) is 6.18. The zero-order valence-electron chi connectivity index (χ0n) is 16.4. The molecule has 0 radical (unpaired) electrons. The molecule has 1 N–H and O–H groups in total. The molecule has 0 unspecified atom stereocenters. The third-order valence-corrected chi connectivity index (χ3v) is 6.47. The first kappa shape index (κ1) is 15.3. The molecular formula is C26H20N3+. The summed E-state index contributed by atoms with van der Waals surface area (Å²) in [5.41, 5.74) is 7.57. The number of benzene rings is 4. The fourth-order valence-corrected chi connectivity index (χ4v) is 5.03. The number of imidazole rings is 2. The van der Waals surface area contributed by atoms with E-state index in [1.807, 2.05) is 0 Å².